The molecule has 1 aliphatic heterocycles. The highest BCUT2D eigenvalue weighted by molar-refractivity contribution is 5.25. The number of nitrogens with two attached hydrogens (primary N) is 1. The van der Waals surface area contributed by atoms with Gasteiger partial charge in [-0.15, -0.1) is 0 Å². The maximum atomic E-state index is 6.12. The maximum absolute atomic E-state index is 6.12. The fraction of sp³-hybridized carbons (Fsp3) is 0.600. The predicted octanol–water partition coefficient (Wildman–Crippen LogP) is 2.72. The average Bonchev–Trinajstić information content (AvgIpc) is 2.33. The van der Waals surface area contributed by atoms with Gasteiger partial charge in [0.1, 0.15) is 0 Å². The largest absolute Gasteiger partial charge is 0.381 e. The van der Waals surface area contributed by atoms with Crippen molar-refractivity contribution in [3.8, 4) is 0 Å². The zero-order chi connectivity index (χ0) is 12.3. The van der Waals surface area contributed by atoms with E-state index in [1.54, 1.807) is 0 Å². The van der Waals surface area contributed by atoms with E-state index < -0.39 is 0 Å². The number of ether oxygens (including phenoxy) is 1. The smallest absolute Gasteiger partial charge is 0.0512 e. The summed E-state index contributed by atoms with van der Waals surface area (Å²) < 4.78 is 5.51. The molecule has 0 spiro atoms. The zero-order valence-electron chi connectivity index (χ0n) is 10.9. The third-order valence-corrected chi connectivity index (χ3v) is 3.68. The van der Waals surface area contributed by atoms with Crippen molar-refractivity contribution in [3.05, 3.63) is 35.4 Å². The zero-order valence-corrected chi connectivity index (χ0v) is 10.9. The van der Waals surface area contributed by atoms with Crippen molar-refractivity contribution >= 4 is 0 Å². The van der Waals surface area contributed by atoms with Crippen LogP contribution in [0.15, 0.2) is 24.3 Å². The molecular weight excluding hydrogens is 210 g/mol. The van der Waals surface area contributed by atoms with Crippen molar-refractivity contribution in [2.24, 2.45) is 11.7 Å². The van der Waals surface area contributed by atoms with Gasteiger partial charge in [-0.05, 0) is 29.9 Å². The third-order valence-electron chi connectivity index (χ3n) is 3.68. The van der Waals surface area contributed by atoms with Crippen LogP contribution in [-0.2, 0) is 11.2 Å². The molecule has 94 valence electrons. The van der Waals surface area contributed by atoms with E-state index in [0.717, 1.165) is 26.1 Å². The first-order valence-corrected chi connectivity index (χ1v) is 6.59. The second kappa shape index (κ2) is 5.65. The van der Waals surface area contributed by atoms with Gasteiger partial charge >= 0.3 is 0 Å². The number of benzene rings is 1. The van der Waals surface area contributed by atoms with E-state index in [2.05, 4.69) is 38.1 Å². The van der Waals surface area contributed by atoms with Gasteiger partial charge in [0.25, 0.3) is 0 Å². The van der Waals surface area contributed by atoms with Gasteiger partial charge in [0.05, 0.1) is 6.61 Å². The first-order chi connectivity index (χ1) is 8.16. The Bertz CT molecular complexity index is 344. The normalized spacial score (nSPS) is 25.2. The Balaban J connectivity index is 1.98. The van der Waals surface area contributed by atoms with Crippen LogP contribution >= 0.6 is 0 Å². The fourth-order valence-corrected chi connectivity index (χ4v) is 2.37. The molecule has 2 heteroatoms. The van der Waals surface area contributed by atoms with Gasteiger partial charge in [-0.3, -0.25) is 0 Å². The quantitative estimate of drug-likeness (QED) is 0.871. The summed E-state index contributed by atoms with van der Waals surface area (Å²) in [5.74, 6) is 1.08. The Morgan fingerprint density at radius 3 is 2.59 bits per heavy atom. The van der Waals surface area contributed by atoms with Crippen LogP contribution in [0, 0.1) is 5.92 Å². The second-order valence-corrected chi connectivity index (χ2v) is 5.39. The van der Waals surface area contributed by atoms with Gasteiger partial charge in [-0.1, -0.05) is 38.1 Å². The minimum atomic E-state index is 0.300. The molecule has 1 saturated heterocycles. The van der Waals surface area contributed by atoms with Gasteiger partial charge in [-0.2, -0.15) is 0 Å². The van der Waals surface area contributed by atoms with Gasteiger partial charge in [-0.25, -0.2) is 0 Å². The van der Waals surface area contributed by atoms with E-state index in [1.807, 2.05) is 0 Å². The summed E-state index contributed by atoms with van der Waals surface area (Å²) in [6.45, 7) is 6.08. The van der Waals surface area contributed by atoms with Crippen molar-refractivity contribution in [3.63, 3.8) is 0 Å². The summed E-state index contributed by atoms with van der Waals surface area (Å²) in [6.07, 6.45) is 2.04. The standard InChI is InChI=1S/C15H23NO/c1-11(2)13-5-3-12(4-6-13)9-14-10-17-8-7-15(14)16/h3-6,11,14-15H,7-10,16H2,1-2H3. The third kappa shape index (κ3) is 3.30. The van der Waals surface area contributed by atoms with Crippen LogP contribution in [-0.4, -0.2) is 19.3 Å². The van der Waals surface area contributed by atoms with E-state index >= 15 is 0 Å². The molecule has 0 amide bonds. The van der Waals surface area contributed by atoms with Crippen LogP contribution in [0.4, 0.5) is 0 Å². The van der Waals surface area contributed by atoms with Crippen molar-refractivity contribution < 1.29 is 4.74 Å². The van der Waals surface area contributed by atoms with E-state index in [0.29, 0.717) is 17.9 Å². The summed E-state index contributed by atoms with van der Waals surface area (Å²) >= 11 is 0. The number of hydrogen-bond acceptors (Lipinski definition) is 2. The molecule has 1 heterocycles. The van der Waals surface area contributed by atoms with Crippen LogP contribution in [0.25, 0.3) is 0 Å². The van der Waals surface area contributed by atoms with Crippen molar-refractivity contribution in [2.45, 2.75) is 38.6 Å². The molecular formula is C15H23NO. The number of hydrogen-bond donors (Lipinski definition) is 1. The lowest BCUT2D eigenvalue weighted by atomic mass is 9.89. The molecule has 2 nitrogen and oxygen atoms in total. The predicted molar refractivity (Wildman–Crippen MR) is 71.1 cm³/mol. The highest BCUT2D eigenvalue weighted by Crippen LogP contribution is 2.20. The topological polar surface area (TPSA) is 35.2 Å². The highest BCUT2D eigenvalue weighted by atomic mass is 16.5. The van der Waals surface area contributed by atoms with Crippen molar-refractivity contribution in [1.82, 2.24) is 0 Å². The monoisotopic (exact) mass is 233 g/mol. The molecule has 0 saturated carbocycles. The molecule has 1 aromatic rings. The van der Waals surface area contributed by atoms with Gasteiger partial charge < -0.3 is 10.5 Å². The molecule has 0 bridgehead atoms. The molecule has 2 rings (SSSR count). The molecule has 2 unspecified atom stereocenters. The molecule has 1 aromatic carbocycles. The van der Waals surface area contributed by atoms with Crippen LogP contribution in [0.1, 0.15) is 37.3 Å². The highest BCUT2D eigenvalue weighted by Gasteiger charge is 2.22. The second-order valence-electron chi connectivity index (χ2n) is 5.39. The summed E-state index contributed by atoms with van der Waals surface area (Å²) in [5.41, 5.74) is 8.90. The molecule has 0 radical (unpaired) electrons. The first kappa shape index (κ1) is 12.6. The molecule has 0 aliphatic carbocycles. The van der Waals surface area contributed by atoms with Crippen LogP contribution in [0.3, 0.4) is 0 Å². The molecule has 17 heavy (non-hydrogen) atoms. The minimum Gasteiger partial charge on any atom is -0.381 e. The van der Waals surface area contributed by atoms with Gasteiger partial charge in [0.15, 0.2) is 0 Å². The van der Waals surface area contributed by atoms with Crippen LogP contribution in [0.5, 0.6) is 0 Å². The maximum Gasteiger partial charge on any atom is 0.0512 e. The SMILES string of the molecule is CC(C)c1ccc(CC2COCCC2N)cc1. The minimum absolute atomic E-state index is 0.300. The Hall–Kier alpha value is -0.860. The summed E-state index contributed by atoms with van der Waals surface area (Å²) in [4.78, 5) is 0. The van der Waals surface area contributed by atoms with Crippen molar-refractivity contribution in [1.29, 1.82) is 0 Å². The Morgan fingerprint density at radius 1 is 1.29 bits per heavy atom. The van der Waals surface area contributed by atoms with E-state index in [-0.39, 0.29) is 0 Å². The molecule has 2 N–H and O–H groups in total. The summed E-state index contributed by atoms with van der Waals surface area (Å²) in [7, 11) is 0. The number of rotatable bonds is 3. The van der Waals surface area contributed by atoms with E-state index in [4.69, 9.17) is 10.5 Å². The Labute approximate surface area is 104 Å². The molecule has 2 atom stereocenters. The Morgan fingerprint density at radius 2 is 2.00 bits per heavy atom. The van der Waals surface area contributed by atoms with Crippen LogP contribution in [0.2, 0.25) is 0 Å². The molecule has 0 aromatic heterocycles. The van der Waals surface area contributed by atoms with Gasteiger partial charge in [0.2, 0.25) is 0 Å². The molecule has 1 fully saturated rings. The Kier molecular flexibility index (Phi) is 4.19. The van der Waals surface area contributed by atoms with Crippen LogP contribution < -0.4 is 5.73 Å². The van der Waals surface area contributed by atoms with E-state index in [1.165, 1.54) is 11.1 Å². The molecule has 1 aliphatic rings. The summed E-state index contributed by atoms with van der Waals surface area (Å²) in [5, 5.41) is 0. The fourth-order valence-electron chi connectivity index (χ4n) is 2.37. The lowest BCUT2D eigenvalue weighted by molar-refractivity contribution is 0.0422. The summed E-state index contributed by atoms with van der Waals surface area (Å²) in [6, 6.07) is 9.23. The van der Waals surface area contributed by atoms with E-state index in [9.17, 15) is 0 Å². The lowest BCUT2D eigenvalue weighted by Gasteiger charge is -2.28. The first-order valence-electron chi connectivity index (χ1n) is 6.59. The lowest BCUT2D eigenvalue weighted by Crippen LogP contribution is -2.39. The van der Waals surface area contributed by atoms with Crippen molar-refractivity contribution in [2.75, 3.05) is 13.2 Å². The average molecular weight is 233 g/mol. The van der Waals surface area contributed by atoms with Gasteiger partial charge in [0, 0.05) is 18.6 Å².